The molecular weight excluding hydrogens is 1490 g/mol. The second kappa shape index (κ2) is 30.7. The molecule has 3 nitrogen and oxygen atoms in total. The first-order valence-corrected chi connectivity index (χ1v) is 39.7. The third kappa shape index (κ3) is 13.6. The van der Waals surface area contributed by atoms with E-state index >= 15 is 0 Å². The summed E-state index contributed by atoms with van der Waals surface area (Å²) in [6, 6.07) is 133. The molecule has 2 aliphatic rings. The molecule has 0 bridgehead atoms. The summed E-state index contributed by atoms with van der Waals surface area (Å²) in [6.07, 6.45) is 0. The summed E-state index contributed by atoms with van der Waals surface area (Å²) in [5.74, 6) is 0. The molecule has 20 rings (SSSR count). The molecule has 540 valence electrons. The average molecular weight is 1570 g/mol. The predicted octanol–water partition coefficient (Wildman–Crippen LogP) is 32.3. The molecule has 0 heterocycles. The molecule has 0 radical (unpaired) electrons. The number of nitrogens with one attached hydrogen (secondary N) is 1. The molecule has 0 saturated carbocycles. The van der Waals surface area contributed by atoms with Crippen molar-refractivity contribution in [2.45, 2.75) is 49.0 Å². The second-order valence-electron chi connectivity index (χ2n) is 29.5. The van der Waals surface area contributed by atoms with E-state index in [2.05, 4.69) is 453 Å². The van der Waals surface area contributed by atoms with Crippen LogP contribution in [-0.2, 0) is 0 Å². The van der Waals surface area contributed by atoms with Gasteiger partial charge in [-0.2, -0.15) is 0 Å². The largest absolute Gasteiger partial charge is 0.356 e. The fourth-order valence-electron chi connectivity index (χ4n) is 16.6. The van der Waals surface area contributed by atoms with Gasteiger partial charge < -0.3 is 15.1 Å². The van der Waals surface area contributed by atoms with E-state index in [1.807, 2.05) is 0 Å². The quantitative estimate of drug-likeness (QED) is 0.132. The molecule has 0 aliphatic heterocycles. The molecule has 0 spiro atoms. The van der Waals surface area contributed by atoms with Gasteiger partial charge in [0.2, 0.25) is 0 Å². The van der Waals surface area contributed by atoms with Gasteiger partial charge in [0, 0.05) is 54.4 Å². The Hall–Kier alpha value is -12.6. The van der Waals surface area contributed by atoms with Crippen molar-refractivity contribution < 1.29 is 0 Å². The number of hydrogen-bond acceptors (Lipinski definition) is 3. The Labute approximate surface area is 674 Å². The Balaban J connectivity index is 0.000000151. The number of nitrogens with zero attached hydrogens (tertiary/aromatic N) is 2. The van der Waals surface area contributed by atoms with Crippen molar-refractivity contribution in [2.24, 2.45) is 0 Å². The van der Waals surface area contributed by atoms with Crippen molar-refractivity contribution in [3.05, 3.63) is 406 Å². The summed E-state index contributed by atoms with van der Waals surface area (Å²) in [5, 5.41) is 13.7. The Bertz CT molecular complexity index is 6050. The third-order valence-electron chi connectivity index (χ3n) is 22.0. The van der Waals surface area contributed by atoms with Crippen LogP contribution in [0.3, 0.4) is 0 Å². The maximum absolute atomic E-state index is 3.62. The zero-order chi connectivity index (χ0) is 75.4. The Morgan fingerprint density at radius 1 is 0.205 bits per heavy atom. The first kappa shape index (κ1) is 72.2. The molecule has 0 fully saturated rings. The number of anilines is 8. The van der Waals surface area contributed by atoms with Gasteiger partial charge in [-0.3, -0.25) is 0 Å². The molecule has 18 aromatic rings. The maximum Gasteiger partial charge on any atom is 0.0462 e. The van der Waals surface area contributed by atoms with Crippen molar-refractivity contribution in [3.8, 4) is 89.0 Å². The van der Waals surface area contributed by atoms with Crippen LogP contribution in [0.15, 0.2) is 373 Å². The minimum absolute atomic E-state index is 0. The zero-order valence-corrected chi connectivity index (χ0v) is 66.0. The molecular formula is C107H83Br2N3. The molecule has 0 aromatic heterocycles. The van der Waals surface area contributed by atoms with Crippen LogP contribution in [0.1, 0.15) is 40.8 Å². The van der Waals surface area contributed by atoms with Crippen molar-refractivity contribution in [1.82, 2.24) is 0 Å². The van der Waals surface area contributed by atoms with Crippen molar-refractivity contribution in [2.75, 3.05) is 15.1 Å². The van der Waals surface area contributed by atoms with E-state index in [4.69, 9.17) is 0 Å². The maximum atomic E-state index is 3.62. The van der Waals surface area contributed by atoms with Crippen LogP contribution in [0.2, 0.25) is 0 Å². The van der Waals surface area contributed by atoms with Gasteiger partial charge in [0.05, 0.1) is 0 Å². The molecule has 0 atom stereocenters. The number of aryl methyl sites for hydroxylation is 6. The summed E-state index contributed by atoms with van der Waals surface area (Å²) < 4.78 is 2.18. The topological polar surface area (TPSA) is 18.5 Å². The lowest BCUT2D eigenvalue weighted by molar-refractivity contribution is 1.27. The third-order valence-corrected chi connectivity index (χ3v) is 23.0. The smallest absolute Gasteiger partial charge is 0.0462 e. The highest BCUT2D eigenvalue weighted by molar-refractivity contribution is 9.10. The van der Waals surface area contributed by atoms with Crippen LogP contribution in [0.4, 0.5) is 45.5 Å². The van der Waals surface area contributed by atoms with E-state index < -0.39 is 0 Å². The molecule has 112 heavy (non-hydrogen) atoms. The summed E-state index contributed by atoms with van der Waals surface area (Å²) in [7, 11) is 0. The summed E-state index contributed by atoms with van der Waals surface area (Å²) in [5.41, 5.74) is 37.1. The van der Waals surface area contributed by atoms with Crippen LogP contribution < -0.4 is 15.1 Å². The normalized spacial score (nSPS) is 11.3. The Morgan fingerprint density at radius 2 is 0.411 bits per heavy atom. The molecule has 2 aliphatic carbocycles. The van der Waals surface area contributed by atoms with Gasteiger partial charge in [0.15, 0.2) is 0 Å². The van der Waals surface area contributed by atoms with Crippen LogP contribution >= 0.6 is 31.9 Å². The Morgan fingerprint density at radius 3 is 0.643 bits per heavy atom. The number of halogens is 2. The van der Waals surface area contributed by atoms with Gasteiger partial charge in [-0.25, -0.2) is 0 Å². The fourth-order valence-corrected chi connectivity index (χ4v) is 17.1. The van der Waals surface area contributed by atoms with Gasteiger partial charge in [-0.1, -0.05) is 315 Å². The highest BCUT2D eigenvalue weighted by atomic mass is 79.9. The van der Waals surface area contributed by atoms with E-state index in [-0.39, 0.29) is 7.43 Å². The van der Waals surface area contributed by atoms with Crippen LogP contribution in [0.5, 0.6) is 0 Å². The summed E-state index contributed by atoms with van der Waals surface area (Å²) in [4.78, 5) is 4.71. The number of benzene rings is 18. The molecule has 0 amide bonds. The number of fused-ring (bicyclic) bond motifs is 8. The van der Waals surface area contributed by atoms with Gasteiger partial charge in [0.25, 0.3) is 0 Å². The first-order chi connectivity index (χ1) is 54.3. The van der Waals surface area contributed by atoms with Gasteiger partial charge in [0.1, 0.15) is 0 Å². The Kier molecular flexibility index (Phi) is 19.8. The highest BCUT2D eigenvalue weighted by Gasteiger charge is 2.33. The van der Waals surface area contributed by atoms with E-state index in [0.717, 1.165) is 54.4 Å². The van der Waals surface area contributed by atoms with E-state index in [1.54, 1.807) is 0 Å². The SMILES string of the molecule is Brc1ccc(-c2c3c(c(-c4ccc(Br)cc4)c4ccccc24)-c2cccc4cccc-3c24)cc1.C.Cc1ccc(N(c2ccc(C)cc2)c2ccc(-c3c4c(c(-c5ccc(N(c6ccc(C)cc6)c6ccc(C)cc6)cc5)c5ccccc35)-c3cccc5cccc-4c35)cc2)cc1.Cc1ccc(Nc2ccc(C)cc2)cc1. The van der Waals surface area contributed by atoms with Crippen LogP contribution in [0.25, 0.3) is 132 Å². The number of rotatable bonds is 12. The predicted molar refractivity (Wildman–Crippen MR) is 490 cm³/mol. The minimum Gasteiger partial charge on any atom is -0.356 e. The second-order valence-corrected chi connectivity index (χ2v) is 31.3. The zero-order valence-electron chi connectivity index (χ0n) is 62.8. The van der Waals surface area contributed by atoms with Gasteiger partial charge >= 0.3 is 0 Å². The summed E-state index contributed by atoms with van der Waals surface area (Å²) in [6.45, 7) is 12.8. The van der Waals surface area contributed by atoms with Gasteiger partial charge in [-0.05, 0) is 295 Å². The summed E-state index contributed by atoms with van der Waals surface area (Å²) >= 11 is 7.24. The number of hydrogen-bond donors (Lipinski definition) is 1. The van der Waals surface area contributed by atoms with Gasteiger partial charge in [-0.15, -0.1) is 0 Å². The fraction of sp³-hybridized carbons (Fsp3) is 0.0654. The molecule has 0 unspecified atom stereocenters. The van der Waals surface area contributed by atoms with Crippen LogP contribution in [-0.4, -0.2) is 0 Å². The van der Waals surface area contributed by atoms with Crippen molar-refractivity contribution >= 4 is 120 Å². The molecule has 0 saturated heterocycles. The average Bonchev–Trinajstić information content (AvgIpc) is 1.54. The molecule has 1 N–H and O–H groups in total. The van der Waals surface area contributed by atoms with Crippen LogP contribution in [0, 0.1) is 41.5 Å². The minimum atomic E-state index is 0. The lowest BCUT2D eigenvalue weighted by Gasteiger charge is -2.27. The molecule has 18 aromatic carbocycles. The molecule has 5 heteroatoms. The highest BCUT2D eigenvalue weighted by Crippen LogP contribution is 2.60. The standard InChI is InChI=1S/C60H46N2.C32H18Br2.C14H15N.CH4/c1-39-15-27-46(28-16-39)61(47-29-17-40(2)18-30-47)50-35-23-44(24-36-50)57-52-11-5-6-12-53(52)58(60-55-14-8-10-43-9-7-13-54(56(43)55)59(57)60)45-25-37-51(38-26-45)62(48-31-19-41(3)20-32-48)49-33-21-42(4)22-34-49;33-22-15-11-20(12-16-22)29-24-7-1-2-8-25(24)30(21-13-17-23(34)18-14-21)32-27-10-4-6-19-5-3-9-26(28(19)27)31(29)32;1-11-3-7-13(8-4-11)15-14-9-5-12(2)6-10-14;/h5-38H,1-4H3;1-18H;3-10,15H,1-2H3;1H4. The van der Waals surface area contributed by atoms with E-state index in [1.165, 1.54) is 165 Å². The first-order valence-electron chi connectivity index (χ1n) is 38.1. The lowest BCUT2D eigenvalue weighted by Crippen LogP contribution is -2.10. The monoisotopic (exact) mass is 1570 g/mol. The van der Waals surface area contributed by atoms with Crippen molar-refractivity contribution in [3.63, 3.8) is 0 Å². The van der Waals surface area contributed by atoms with E-state index in [9.17, 15) is 0 Å². The lowest BCUT2D eigenvalue weighted by atomic mass is 9.82. The van der Waals surface area contributed by atoms with E-state index in [0.29, 0.717) is 0 Å². The van der Waals surface area contributed by atoms with Crippen molar-refractivity contribution in [1.29, 1.82) is 0 Å².